The first kappa shape index (κ1) is 31.4. The van der Waals surface area contributed by atoms with E-state index in [0.717, 1.165) is 17.7 Å². The highest BCUT2D eigenvalue weighted by molar-refractivity contribution is 6.07. The molecule has 3 aromatic carbocycles. The van der Waals surface area contributed by atoms with Crippen LogP contribution in [0.2, 0.25) is 0 Å². The van der Waals surface area contributed by atoms with Crippen LogP contribution < -0.4 is 15.0 Å². The number of esters is 1. The third kappa shape index (κ3) is 7.65. The second-order valence-corrected chi connectivity index (χ2v) is 10.5. The number of nitrogens with zero attached hydrogens (tertiary/aromatic N) is 1. The zero-order valence-corrected chi connectivity index (χ0v) is 24.1. The molecule has 1 heterocycles. The first-order valence-electron chi connectivity index (χ1n) is 13.8. The molecule has 43 heavy (non-hydrogen) atoms. The van der Waals surface area contributed by atoms with Crippen molar-refractivity contribution in [3.05, 3.63) is 88.0 Å². The van der Waals surface area contributed by atoms with Gasteiger partial charge in [-0.05, 0) is 66.8 Å². The fourth-order valence-corrected chi connectivity index (χ4v) is 5.39. The van der Waals surface area contributed by atoms with Crippen molar-refractivity contribution in [1.29, 1.82) is 0 Å². The number of hydrogen-bond donors (Lipinski definition) is 2. The number of carbonyl (C=O) groups excluding carboxylic acids is 2. The molecule has 1 saturated heterocycles. The van der Waals surface area contributed by atoms with E-state index in [1.54, 1.807) is 30.9 Å². The van der Waals surface area contributed by atoms with E-state index in [1.165, 1.54) is 7.11 Å². The van der Waals surface area contributed by atoms with Crippen molar-refractivity contribution in [3.63, 3.8) is 0 Å². The molecule has 11 heteroatoms. The number of amides is 1. The molecule has 228 valence electrons. The monoisotopic (exact) mass is 598 g/mol. The summed E-state index contributed by atoms with van der Waals surface area (Å²) in [5.74, 6) is -2.52. The van der Waals surface area contributed by atoms with E-state index < -0.39 is 47.6 Å². The molecule has 2 N–H and O–H groups in total. The summed E-state index contributed by atoms with van der Waals surface area (Å²) in [4.78, 5) is 38.6. The Morgan fingerprint density at radius 3 is 2.33 bits per heavy atom. The number of halogens is 3. The van der Waals surface area contributed by atoms with Gasteiger partial charge < -0.3 is 24.8 Å². The Hall–Kier alpha value is -4.54. The van der Waals surface area contributed by atoms with Gasteiger partial charge in [-0.1, -0.05) is 30.3 Å². The highest BCUT2D eigenvalue weighted by Gasteiger charge is 2.37. The van der Waals surface area contributed by atoms with Crippen LogP contribution in [0.1, 0.15) is 44.6 Å². The number of ether oxygens (including phenoxy) is 2. The molecule has 4 rings (SSSR count). The number of anilines is 2. The Morgan fingerprint density at radius 1 is 1.05 bits per heavy atom. The first-order valence-corrected chi connectivity index (χ1v) is 13.8. The van der Waals surface area contributed by atoms with Crippen LogP contribution in [0.5, 0.6) is 5.75 Å². The van der Waals surface area contributed by atoms with Crippen molar-refractivity contribution in [3.8, 4) is 5.75 Å². The fraction of sp³-hybridized carbons (Fsp3) is 0.344. The predicted octanol–water partition coefficient (Wildman–Crippen LogP) is 5.82. The van der Waals surface area contributed by atoms with Crippen LogP contribution in [0.15, 0.2) is 54.6 Å². The molecule has 0 saturated carbocycles. The maximum Gasteiger partial charge on any atom is 0.418 e. The summed E-state index contributed by atoms with van der Waals surface area (Å²) in [6.07, 6.45) is -4.41. The third-order valence-electron chi connectivity index (χ3n) is 7.41. The maximum atomic E-state index is 14.3. The lowest BCUT2D eigenvalue weighted by molar-refractivity contribution is -0.144. The molecule has 1 aliphatic rings. The molecular formula is C32H33F3N2O6. The fourth-order valence-electron chi connectivity index (χ4n) is 5.39. The second kappa shape index (κ2) is 13.2. The number of nitrogens with one attached hydrogen (secondary N) is 1. The van der Waals surface area contributed by atoms with Gasteiger partial charge in [0.25, 0.3) is 5.91 Å². The molecule has 8 nitrogen and oxygen atoms in total. The van der Waals surface area contributed by atoms with Gasteiger partial charge in [0.1, 0.15) is 5.75 Å². The number of methoxy groups -OCH3 is 1. The zero-order chi connectivity index (χ0) is 31.3. The van der Waals surface area contributed by atoms with Crippen LogP contribution in [0.4, 0.5) is 24.5 Å². The van der Waals surface area contributed by atoms with E-state index >= 15 is 0 Å². The highest BCUT2D eigenvalue weighted by Crippen LogP contribution is 2.41. The summed E-state index contributed by atoms with van der Waals surface area (Å²) in [5.41, 5.74) is 0.760. The molecule has 0 aromatic heterocycles. The average molecular weight is 599 g/mol. The molecule has 0 bridgehead atoms. The Bertz CT molecular complexity index is 1480. The standard InChI is InChI=1S/C32H33F3N2O6/c1-19-13-24(43-12-10-21-7-5-4-6-8-21)14-20(2)29(19)30(40)36-26-15-23(16-28(38)39)27(17-25(26)32(33,34)35)37-11-9-22(18-37)31(41)42-3/h4-8,13-15,17,22H,9-12,16,18H2,1-3H3,(H,36,40)(H,38,39). The van der Waals surface area contributed by atoms with Crippen molar-refractivity contribution < 1.29 is 42.1 Å². The summed E-state index contributed by atoms with van der Waals surface area (Å²) < 4.78 is 53.5. The number of aryl methyl sites for hydroxylation is 2. The van der Waals surface area contributed by atoms with E-state index in [4.69, 9.17) is 9.47 Å². The van der Waals surface area contributed by atoms with Crippen molar-refractivity contribution in [2.75, 3.05) is 37.0 Å². The van der Waals surface area contributed by atoms with Gasteiger partial charge in [-0.3, -0.25) is 14.4 Å². The summed E-state index contributed by atoms with van der Waals surface area (Å²) >= 11 is 0. The number of carboxylic acid groups (broad SMARTS) is 1. The van der Waals surface area contributed by atoms with Crippen molar-refractivity contribution in [1.82, 2.24) is 0 Å². The molecular weight excluding hydrogens is 565 g/mol. The molecule has 1 fully saturated rings. The van der Waals surface area contributed by atoms with E-state index in [9.17, 15) is 32.7 Å². The largest absolute Gasteiger partial charge is 0.493 e. The number of carboxylic acids is 1. The van der Waals surface area contributed by atoms with Crippen molar-refractivity contribution in [2.24, 2.45) is 5.92 Å². The second-order valence-electron chi connectivity index (χ2n) is 10.5. The van der Waals surface area contributed by atoms with E-state index in [2.05, 4.69) is 5.32 Å². The number of benzene rings is 3. The van der Waals surface area contributed by atoms with E-state index in [0.29, 0.717) is 36.3 Å². The third-order valence-corrected chi connectivity index (χ3v) is 7.41. The molecule has 0 aliphatic carbocycles. The number of rotatable bonds is 10. The predicted molar refractivity (Wildman–Crippen MR) is 155 cm³/mol. The first-order chi connectivity index (χ1) is 20.4. The molecule has 0 spiro atoms. The number of alkyl halides is 3. The van der Waals surface area contributed by atoms with Crippen LogP contribution in [0.3, 0.4) is 0 Å². The van der Waals surface area contributed by atoms with Crippen LogP contribution >= 0.6 is 0 Å². The Morgan fingerprint density at radius 2 is 1.72 bits per heavy atom. The van der Waals surface area contributed by atoms with Gasteiger partial charge in [0, 0.05) is 30.8 Å². The van der Waals surface area contributed by atoms with Crippen LogP contribution in [-0.4, -0.2) is 49.8 Å². The van der Waals surface area contributed by atoms with E-state index in [1.807, 2.05) is 30.3 Å². The summed E-state index contributed by atoms with van der Waals surface area (Å²) in [6, 6.07) is 15.0. The minimum absolute atomic E-state index is 0.0449. The molecule has 1 unspecified atom stereocenters. The van der Waals surface area contributed by atoms with Gasteiger partial charge >= 0.3 is 18.1 Å². The zero-order valence-electron chi connectivity index (χ0n) is 24.1. The smallest absolute Gasteiger partial charge is 0.418 e. The average Bonchev–Trinajstić information content (AvgIpc) is 3.42. The Labute approximate surface area is 247 Å². The van der Waals surface area contributed by atoms with E-state index in [-0.39, 0.29) is 29.9 Å². The number of aliphatic carboxylic acids is 1. The number of carbonyl (C=O) groups is 3. The molecule has 0 radical (unpaired) electrons. The summed E-state index contributed by atoms with van der Waals surface area (Å²) in [7, 11) is 1.23. The van der Waals surface area contributed by atoms with Crippen molar-refractivity contribution >= 4 is 29.2 Å². The lowest BCUT2D eigenvalue weighted by Gasteiger charge is -2.25. The molecule has 3 aromatic rings. The lowest BCUT2D eigenvalue weighted by atomic mass is 9.99. The topological polar surface area (TPSA) is 105 Å². The Balaban J connectivity index is 1.61. The van der Waals surface area contributed by atoms with Gasteiger partial charge in [0.2, 0.25) is 0 Å². The van der Waals surface area contributed by atoms with Crippen LogP contribution in [-0.2, 0) is 33.3 Å². The van der Waals surface area contributed by atoms with Crippen LogP contribution in [0.25, 0.3) is 0 Å². The van der Waals surface area contributed by atoms with Gasteiger partial charge in [-0.2, -0.15) is 13.2 Å². The highest BCUT2D eigenvalue weighted by atomic mass is 19.4. The summed E-state index contributed by atoms with van der Waals surface area (Å²) in [5, 5.41) is 11.9. The minimum Gasteiger partial charge on any atom is -0.493 e. The SMILES string of the molecule is COC(=O)C1CCN(c2cc(C(F)(F)F)c(NC(=O)c3c(C)cc(OCCc4ccccc4)cc3C)cc2CC(=O)O)C1. The molecule has 1 atom stereocenters. The van der Waals surface area contributed by atoms with Crippen LogP contribution in [0, 0.1) is 19.8 Å². The van der Waals surface area contributed by atoms with Crippen molar-refractivity contribution in [2.45, 2.75) is 39.3 Å². The summed E-state index contributed by atoms with van der Waals surface area (Å²) in [6.45, 7) is 4.06. The van der Waals surface area contributed by atoms with Gasteiger partial charge in [0.15, 0.2) is 0 Å². The van der Waals surface area contributed by atoms with Gasteiger partial charge in [-0.15, -0.1) is 0 Å². The number of hydrogen-bond acceptors (Lipinski definition) is 6. The normalized spacial score (nSPS) is 14.8. The Kier molecular flexibility index (Phi) is 9.63. The lowest BCUT2D eigenvalue weighted by Crippen LogP contribution is -2.26. The molecule has 1 aliphatic heterocycles. The minimum atomic E-state index is -4.86. The van der Waals surface area contributed by atoms with Gasteiger partial charge in [0.05, 0.1) is 37.3 Å². The quantitative estimate of drug-likeness (QED) is 0.283. The van der Waals surface area contributed by atoms with Gasteiger partial charge in [-0.25, -0.2) is 0 Å². The maximum absolute atomic E-state index is 14.3. The molecule has 1 amide bonds.